The van der Waals surface area contributed by atoms with Gasteiger partial charge in [-0.05, 0) is 50.1 Å². The Hall–Kier alpha value is -3.13. The zero-order valence-corrected chi connectivity index (χ0v) is 20.6. The zero-order chi connectivity index (χ0) is 24.2. The molecule has 0 bridgehead atoms. The molecule has 0 atom stereocenters. The highest BCUT2D eigenvalue weighted by Crippen LogP contribution is 2.24. The maximum atomic E-state index is 13.1. The van der Waals surface area contributed by atoms with Gasteiger partial charge in [0.25, 0.3) is 5.56 Å². The lowest BCUT2D eigenvalue weighted by Gasteiger charge is -2.40. The first kappa shape index (κ1) is 23.6. The van der Waals surface area contributed by atoms with E-state index in [2.05, 4.69) is 10.00 Å². The molecule has 3 heterocycles. The molecule has 35 heavy (non-hydrogen) atoms. The van der Waals surface area contributed by atoms with E-state index < -0.39 is 0 Å². The minimum absolute atomic E-state index is 0.128. The fourth-order valence-electron chi connectivity index (χ4n) is 5.39. The predicted octanol–water partition coefficient (Wildman–Crippen LogP) is 3.43. The molecule has 1 aliphatic heterocycles. The minimum Gasteiger partial charge on any atom is -0.494 e. The predicted molar refractivity (Wildman–Crippen MR) is 136 cm³/mol. The topological polar surface area (TPSA) is 72.1 Å². The molecule has 8 heteroatoms. The molecule has 1 saturated heterocycles. The van der Waals surface area contributed by atoms with Crippen LogP contribution in [0.2, 0.25) is 0 Å². The summed E-state index contributed by atoms with van der Waals surface area (Å²) in [6.07, 6.45) is 10.5. The Morgan fingerprint density at radius 3 is 2.49 bits per heavy atom. The molecule has 2 aliphatic rings. The number of hydrogen-bond donors (Lipinski definition) is 0. The van der Waals surface area contributed by atoms with Crippen LogP contribution in [0.3, 0.4) is 0 Å². The van der Waals surface area contributed by atoms with E-state index in [1.807, 2.05) is 36.1 Å². The van der Waals surface area contributed by atoms with Crippen molar-refractivity contribution in [1.82, 2.24) is 24.0 Å². The van der Waals surface area contributed by atoms with E-state index in [0.29, 0.717) is 31.1 Å². The summed E-state index contributed by atoms with van der Waals surface area (Å²) in [5.41, 5.74) is 2.03. The lowest BCUT2D eigenvalue weighted by molar-refractivity contribution is -0.133. The number of carbonyl (C=O) groups excluding carboxylic acids is 1. The fraction of sp³-hybridized carbons (Fsp3) is 0.519. The van der Waals surface area contributed by atoms with Crippen molar-refractivity contribution in [3.05, 3.63) is 53.1 Å². The first-order valence-electron chi connectivity index (χ1n) is 13.0. The summed E-state index contributed by atoms with van der Waals surface area (Å²) in [5.74, 6) is 0.936. The van der Waals surface area contributed by atoms with E-state index in [9.17, 15) is 9.59 Å². The molecule has 186 valence electrons. The summed E-state index contributed by atoms with van der Waals surface area (Å²) in [6, 6.07) is 10.2. The molecule has 1 saturated carbocycles. The van der Waals surface area contributed by atoms with Gasteiger partial charge in [-0.2, -0.15) is 5.10 Å². The van der Waals surface area contributed by atoms with Crippen LogP contribution in [0, 0.1) is 0 Å². The number of amides is 1. The molecule has 1 aliphatic carbocycles. The van der Waals surface area contributed by atoms with Gasteiger partial charge in [0.2, 0.25) is 5.91 Å². The van der Waals surface area contributed by atoms with Crippen molar-refractivity contribution in [3.63, 3.8) is 0 Å². The molecule has 2 aromatic heterocycles. The molecule has 5 rings (SSSR count). The van der Waals surface area contributed by atoms with Gasteiger partial charge in [0, 0.05) is 63.1 Å². The van der Waals surface area contributed by atoms with Gasteiger partial charge in [-0.15, -0.1) is 0 Å². The number of nitrogens with zero attached hydrogens (tertiary/aromatic N) is 5. The van der Waals surface area contributed by atoms with Crippen molar-refractivity contribution >= 4 is 11.4 Å². The Balaban J connectivity index is 1.20. The smallest absolute Gasteiger partial charge is 0.276 e. The second-order valence-corrected chi connectivity index (χ2v) is 9.57. The molecule has 1 amide bonds. The van der Waals surface area contributed by atoms with Gasteiger partial charge in [-0.25, -0.2) is 4.52 Å². The van der Waals surface area contributed by atoms with Crippen LogP contribution in [-0.2, 0) is 11.3 Å². The van der Waals surface area contributed by atoms with Crippen LogP contribution in [0.1, 0.15) is 45.4 Å². The van der Waals surface area contributed by atoms with Crippen molar-refractivity contribution in [2.24, 2.45) is 0 Å². The number of rotatable bonds is 7. The number of benzene rings is 1. The van der Waals surface area contributed by atoms with Crippen LogP contribution < -0.4 is 10.3 Å². The van der Waals surface area contributed by atoms with E-state index in [1.165, 1.54) is 32.1 Å². The van der Waals surface area contributed by atoms with Gasteiger partial charge in [0.15, 0.2) is 0 Å². The van der Waals surface area contributed by atoms with Gasteiger partial charge in [-0.1, -0.05) is 19.3 Å². The Labute approximate surface area is 206 Å². The molecule has 0 spiro atoms. The van der Waals surface area contributed by atoms with Crippen molar-refractivity contribution in [2.45, 2.75) is 58.0 Å². The van der Waals surface area contributed by atoms with Crippen LogP contribution in [0.15, 0.2) is 47.5 Å². The third kappa shape index (κ3) is 5.27. The quantitative estimate of drug-likeness (QED) is 0.521. The van der Waals surface area contributed by atoms with E-state index in [1.54, 1.807) is 27.5 Å². The van der Waals surface area contributed by atoms with Crippen LogP contribution >= 0.6 is 0 Å². The number of fused-ring (bicyclic) bond motifs is 1. The Kier molecular flexibility index (Phi) is 7.18. The highest BCUT2D eigenvalue weighted by atomic mass is 16.5. The third-order valence-corrected chi connectivity index (χ3v) is 7.39. The van der Waals surface area contributed by atoms with Crippen LogP contribution in [0.25, 0.3) is 16.8 Å². The lowest BCUT2D eigenvalue weighted by atomic mass is 9.94. The van der Waals surface area contributed by atoms with Crippen LogP contribution in [0.5, 0.6) is 5.75 Å². The monoisotopic (exact) mass is 477 g/mol. The summed E-state index contributed by atoms with van der Waals surface area (Å²) < 4.78 is 8.73. The Bertz CT molecular complexity index is 1200. The molecule has 0 N–H and O–H groups in total. The average molecular weight is 478 g/mol. The van der Waals surface area contributed by atoms with Gasteiger partial charge < -0.3 is 14.2 Å². The second kappa shape index (κ2) is 10.6. The third-order valence-electron chi connectivity index (χ3n) is 7.39. The summed E-state index contributed by atoms with van der Waals surface area (Å²) >= 11 is 0. The number of aromatic nitrogens is 3. The average Bonchev–Trinajstić information content (AvgIpc) is 3.35. The molecule has 0 radical (unpaired) electrons. The maximum absolute atomic E-state index is 13.1. The summed E-state index contributed by atoms with van der Waals surface area (Å²) in [6.45, 7) is 6.45. The largest absolute Gasteiger partial charge is 0.494 e. The molecule has 1 aromatic carbocycles. The fourth-order valence-corrected chi connectivity index (χ4v) is 5.39. The summed E-state index contributed by atoms with van der Waals surface area (Å²) in [4.78, 5) is 30.5. The molecule has 2 fully saturated rings. The number of hydrogen-bond acceptors (Lipinski definition) is 5. The SMILES string of the molecule is CCOc1ccc(-c2cc3c(=O)n(CCC(=O)N4CCN(C5CCCCC5)CC4)ccn3n2)cc1. The standard InChI is InChI=1S/C27H35N5O3/c1-2-35-23-10-8-21(9-11-23)24-20-25-27(34)31(18-19-32(25)28-24)13-12-26(33)30-16-14-29(15-17-30)22-6-4-3-5-7-22/h8-11,18-20,22H,2-7,12-17H2,1H3. The molecule has 8 nitrogen and oxygen atoms in total. The highest BCUT2D eigenvalue weighted by Gasteiger charge is 2.26. The zero-order valence-electron chi connectivity index (χ0n) is 20.6. The van der Waals surface area contributed by atoms with Crippen molar-refractivity contribution in [1.29, 1.82) is 0 Å². The lowest BCUT2D eigenvalue weighted by Crippen LogP contribution is -2.52. The number of aryl methyl sites for hydroxylation is 1. The second-order valence-electron chi connectivity index (χ2n) is 9.57. The van der Waals surface area contributed by atoms with Crippen molar-refractivity contribution < 1.29 is 9.53 Å². The van der Waals surface area contributed by atoms with E-state index >= 15 is 0 Å². The summed E-state index contributed by atoms with van der Waals surface area (Å²) in [5, 5.41) is 4.56. The highest BCUT2D eigenvalue weighted by molar-refractivity contribution is 5.76. The van der Waals surface area contributed by atoms with Gasteiger partial charge in [0.1, 0.15) is 11.3 Å². The Morgan fingerprint density at radius 2 is 1.77 bits per heavy atom. The molecular formula is C27H35N5O3. The van der Waals surface area contributed by atoms with E-state index in [4.69, 9.17) is 4.74 Å². The number of piperazine rings is 1. The van der Waals surface area contributed by atoms with Gasteiger partial charge in [-0.3, -0.25) is 14.5 Å². The number of ether oxygens (including phenoxy) is 1. The van der Waals surface area contributed by atoms with E-state index in [0.717, 1.165) is 43.2 Å². The van der Waals surface area contributed by atoms with Crippen molar-refractivity contribution in [2.75, 3.05) is 32.8 Å². The van der Waals surface area contributed by atoms with Gasteiger partial charge >= 0.3 is 0 Å². The van der Waals surface area contributed by atoms with E-state index in [-0.39, 0.29) is 11.5 Å². The van der Waals surface area contributed by atoms with Crippen LogP contribution in [-0.4, -0.2) is 68.7 Å². The molecule has 3 aromatic rings. The summed E-state index contributed by atoms with van der Waals surface area (Å²) in [7, 11) is 0. The molecular weight excluding hydrogens is 442 g/mol. The number of carbonyl (C=O) groups is 1. The maximum Gasteiger partial charge on any atom is 0.276 e. The van der Waals surface area contributed by atoms with Crippen molar-refractivity contribution in [3.8, 4) is 17.0 Å². The minimum atomic E-state index is -0.132. The first-order chi connectivity index (χ1) is 17.1. The Morgan fingerprint density at radius 1 is 1.03 bits per heavy atom. The first-order valence-corrected chi connectivity index (χ1v) is 13.0. The van der Waals surface area contributed by atoms with Gasteiger partial charge in [0.05, 0.1) is 12.3 Å². The molecule has 0 unspecified atom stereocenters. The van der Waals surface area contributed by atoms with Crippen LogP contribution in [0.4, 0.5) is 0 Å². The normalized spacial score (nSPS) is 17.7.